The van der Waals surface area contributed by atoms with E-state index in [0.717, 1.165) is 45.4 Å². The van der Waals surface area contributed by atoms with Gasteiger partial charge in [0.05, 0.1) is 17.9 Å². The zero-order valence-electron chi connectivity index (χ0n) is 20.3. The molecule has 8 heteroatoms. The molecule has 0 fully saturated rings. The SMILES string of the molecule is Cc1c(-c2cnn(C)c2)nn(-c2ccccc2)c1NC(=O)NC1CCC(C)(C)c2ccc(Br)cc21. The average molecular weight is 533 g/mol. The van der Waals surface area contributed by atoms with E-state index in [9.17, 15) is 4.79 Å². The van der Waals surface area contributed by atoms with Crippen molar-refractivity contribution in [2.75, 3.05) is 5.32 Å². The molecule has 0 saturated heterocycles. The molecule has 1 atom stereocenters. The molecule has 0 radical (unpaired) electrons. The van der Waals surface area contributed by atoms with Crippen LogP contribution in [-0.4, -0.2) is 25.6 Å². The Balaban J connectivity index is 1.47. The van der Waals surface area contributed by atoms with Crippen molar-refractivity contribution in [3.63, 3.8) is 0 Å². The second kappa shape index (κ2) is 9.00. The monoisotopic (exact) mass is 532 g/mol. The summed E-state index contributed by atoms with van der Waals surface area (Å²) in [5.41, 5.74) is 5.95. The lowest BCUT2D eigenvalue weighted by atomic mass is 9.71. The first-order valence-corrected chi connectivity index (χ1v) is 12.5. The van der Waals surface area contributed by atoms with Crippen molar-refractivity contribution >= 4 is 27.8 Å². The molecule has 1 aliphatic carbocycles. The third-order valence-electron chi connectivity index (χ3n) is 6.81. The van der Waals surface area contributed by atoms with E-state index in [1.54, 1.807) is 15.6 Å². The van der Waals surface area contributed by atoms with E-state index in [-0.39, 0.29) is 17.5 Å². The lowest BCUT2D eigenvalue weighted by Crippen LogP contribution is -2.38. The average Bonchev–Trinajstić information content (AvgIpc) is 3.39. The maximum atomic E-state index is 13.3. The van der Waals surface area contributed by atoms with E-state index in [0.29, 0.717) is 5.82 Å². The van der Waals surface area contributed by atoms with Gasteiger partial charge in [-0.15, -0.1) is 0 Å². The summed E-state index contributed by atoms with van der Waals surface area (Å²) in [4.78, 5) is 13.3. The number of nitrogens with zero attached hydrogens (tertiary/aromatic N) is 4. The molecule has 2 aromatic carbocycles. The van der Waals surface area contributed by atoms with Crippen LogP contribution in [0.15, 0.2) is 65.4 Å². The minimum absolute atomic E-state index is 0.0679. The summed E-state index contributed by atoms with van der Waals surface area (Å²) in [5.74, 6) is 0.637. The molecular formula is C27H29BrN6O. The van der Waals surface area contributed by atoms with Crippen molar-refractivity contribution in [3.8, 4) is 16.9 Å². The maximum absolute atomic E-state index is 13.3. The maximum Gasteiger partial charge on any atom is 0.320 e. The molecule has 4 aromatic rings. The van der Waals surface area contributed by atoms with Gasteiger partial charge in [0, 0.05) is 28.8 Å². The number of aryl methyl sites for hydroxylation is 1. The number of fused-ring (bicyclic) bond motifs is 1. The van der Waals surface area contributed by atoms with Gasteiger partial charge in [0.15, 0.2) is 0 Å². The molecule has 180 valence electrons. The van der Waals surface area contributed by atoms with Gasteiger partial charge in [-0.1, -0.05) is 54.0 Å². The highest BCUT2D eigenvalue weighted by atomic mass is 79.9. The van der Waals surface area contributed by atoms with Crippen molar-refractivity contribution in [3.05, 3.63) is 82.1 Å². The standard InChI is InChI=1S/C27H29BrN6O/c1-17-24(18-15-29-33(4)16-18)32-34(20-8-6-5-7-9-20)25(17)31-26(35)30-23-12-13-27(2,3)22-11-10-19(28)14-21(22)23/h5-11,14-16,23H,12-13H2,1-4H3,(H2,30,31,35). The Morgan fingerprint density at radius 3 is 2.66 bits per heavy atom. The summed E-state index contributed by atoms with van der Waals surface area (Å²) in [6.07, 6.45) is 5.58. The fourth-order valence-electron chi connectivity index (χ4n) is 4.90. The number of benzene rings is 2. The van der Waals surface area contributed by atoms with Crippen LogP contribution in [0.2, 0.25) is 0 Å². The van der Waals surface area contributed by atoms with Crippen LogP contribution in [0.5, 0.6) is 0 Å². The fraction of sp³-hybridized carbons (Fsp3) is 0.296. The minimum atomic E-state index is -0.251. The third-order valence-corrected chi connectivity index (χ3v) is 7.31. The fourth-order valence-corrected chi connectivity index (χ4v) is 5.28. The predicted molar refractivity (Wildman–Crippen MR) is 142 cm³/mol. The molecule has 2 amide bonds. The molecular weight excluding hydrogens is 504 g/mol. The highest BCUT2D eigenvalue weighted by Gasteiger charge is 2.33. The number of anilines is 1. The largest absolute Gasteiger partial charge is 0.331 e. The summed E-state index contributed by atoms with van der Waals surface area (Å²) in [6.45, 7) is 6.50. The van der Waals surface area contributed by atoms with Crippen molar-refractivity contribution in [1.29, 1.82) is 0 Å². The molecule has 0 spiro atoms. The normalized spacial score (nSPS) is 16.5. The number of carbonyl (C=O) groups is 1. The molecule has 7 nitrogen and oxygen atoms in total. The van der Waals surface area contributed by atoms with Gasteiger partial charge < -0.3 is 5.32 Å². The Labute approximate surface area is 213 Å². The number of rotatable bonds is 4. The van der Waals surface area contributed by atoms with E-state index in [1.807, 2.05) is 50.5 Å². The number of nitrogens with one attached hydrogen (secondary N) is 2. The second-order valence-electron chi connectivity index (χ2n) is 9.78. The molecule has 0 aliphatic heterocycles. The molecule has 2 heterocycles. The van der Waals surface area contributed by atoms with E-state index in [4.69, 9.17) is 5.10 Å². The van der Waals surface area contributed by atoms with Crippen molar-refractivity contribution < 1.29 is 4.79 Å². The van der Waals surface area contributed by atoms with Crippen LogP contribution in [0.4, 0.5) is 10.6 Å². The zero-order chi connectivity index (χ0) is 24.7. The predicted octanol–water partition coefficient (Wildman–Crippen LogP) is 6.28. The summed E-state index contributed by atoms with van der Waals surface area (Å²) >= 11 is 3.60. The molecule has 1 unspecified atom stereocenters. The van der Waals surface area contributed by atoms with Gasteiger partial charge in [0.1, 0.15) is 11.5 Å². The smallest absolute Gasteiger partial charge is 0.320 e. The Bertz CT molecular complexity index is 1390. The molecule has 1 aliphatic rings. The molecule has 2 N–H and O–H groups in total. The number of hydrogen-bond donors (Lipinski definition) is 2. The van der Waals surface area contributed by atoms with Gasteiger partial charge in [-0.25, -0.2) is 9.48 Å². The van der Waals surface area contributed by atoms with Crippen LogP contribution >= 0.6 is 15.9 Å². The van der Waals surface area contributed by atoms with Crippen molar-refractivity contribution in [2.24, 2.45) is 7.05 Å². The first kappa shape index (κ1) is 23.4. The van der Waals surface area contributed by atoms with Gasteiger partial charge in [-0.3, -0.25) is 10.00 Å². The summed E-state index contributed by atoms with van der Waals surface area (Å²) in [6, 6.07) is 15.9. The van der Waals surface area contributed by atoms with E-state index < -0.39 is 0 Å². The van der Waals surface area contributed by atoms with Crippen LogP contribution in [-0.2, 0) is 12.5 Å². The Kier molecular flexibility index (Phi) is 6.01. The first-order valence-electron chi connectivity index (χ1n) is 11.7. The summed E-state index contributed by atoms with van der Waals surface area (Å²) < 4.78 is 4.54. The third kappa shape index (κ3) is 4.50. The first-order chi connectivity index (χ1) is 16.7. The quantitative estimate of drug-likeness (QED) is 0.324. The number of amides is 2. The Morgan fingerprint density at radius 1 is 1.17 bits per heavy atom. The number of aromatic nitrogens is 4. The van der Waals surface area contributed by atoms with E-state index in [1.165, 1.54) is 5.56 Å². The second-order valence-corrected chi connectivity index (χ2v) is 10.7. The number of carbonyl (C=O) groups excluding carboxylic acids is 1. The molecule has 0 saturated carbocycles. The van der Waals surface area contributed by atoms with E-state index >= 15 is 0 Å². The number of urea groups is 1. The van der Waals surface area contributed by atoms with Gasteiger partial charge >= 0.3 is 6.03 Å². The summed E-state index contributed by atoms with van der Waals surface area (Å²) in [5, 5.41) is 15.5. The highest BCUT2D eigenvalue weighted by molar-refractivity contribution is 9.10. The zero-order valence-corrected chi connectivity index (χ0v) is 21.9. The van der Waals surface area contributed by atoms with Crippen LogP contribution in [0, 0.1) is 6.92 Å². The molecule has 35 heavy (non-hydrogen) atoms. The molecule has 0 bridgehead atoms. The summed E-state index contributed by atoms with van der Waals surface area (Å²) in [7, 11) is 1.88. The van der Waals surface area contributed by atoms with Gasteiger partial charge in [0.25, 0.3) is 0 Å². The molecule has 2 aromatic heterocycles. The number of para-hydroxylation sites is 1. The van der Waals surface area contributed by atoms with Gasteiger partial charge in [-0.05, 0) is 60.6 Å². The van der Waals surface area contributed by atoms with Crippen molar-refractivity contribution in [1.82, 2.24) is 24.9 Å². The number of hydrogen-bond acceptors (Lipinski definition) is 3. The Morgan fingerprint density at radius 2 is 1.94 bits per heavy atom. The lowest BCUT2D eigenvalue weighted by Gasteiger charge is -2.37. The lowest BCUT2D eigenvalue weighted by molar-refractivity contribution is 0.244. The topological polar surface area (TPSA) is 76.8 Å². The Hall–Kier alpha value is -3.39. The molecule has 5 rings (SSSR count). The van der Waals surface area contributed by atoms with Gasteiger partial charge in [0.2, 0.25) is 0 Å². The van der Waals surface area contributed by atoms with Crippen LogP contribution in [0.25, 0.3) is 16.9 Å². The van der Waals surface area contributed by atoms with Crippen molar-refractivity contribution in [2.45, 2.75) is 45.1 Å². The van der Waals surface area contributed by atoms with Crippen LogP contribution < -0.4 is 10.6 Å². The van der Waals surface area contributed by atoms with Crippen LogP contribution in [0.1, 0.15) is 49.4 Å². The number of halogens is 1. The van der Waals surface area contributed by atoms with Gasteiger partial charge in [-0.2, -0.15) is 10.2 Å². The van der Waals surface area contributed by atoms with Crippen LogP contribution in [0.3, 0.4) is 0 Å². The minimum Gasteiger partial charge on any atom is -0.331 e. The highest BCUT2D eigenvalue weighted by Crippen LogP contribution is 2.42. The van der Waals surface area contributed by atoms with E-state index in [2.05, 4.69) is 63.7 Å².